The lowest BCUT2D eigenvalue weighted by Gasteiger charge is -2.13. The third-order valence-electron chi connectivity index (χ3n) is 4.85. The Labute approximate surface area is 213 Å². The molecule has 3 aromatic carbocycles. The molecular formula is C27H23ClN2O6. The first-order valence-electron chi connectivity index (χ1n) is 10.7. The van der Waals surface area contributed by atoms with Crippen molar-refractivity contribution in [2.45, 2.75) is 6.61 Å². The normalized spacial score (nSPS) is 10.7. The van der Waals surface area contributed by atoms with E-state index < -0.39 is 11.9 Å². The standard InChI is InChI=1S/C27H23ClN2O6/c1-33-24-14-19(13-23(28)26(24)36-17-25(31)34-2)12-20(15-29)27(32)30-21-8-10-22(11-9-21)35-16-18-6-4-3-5-7-18/h3-14H,16-17H2,1-2H3,(H,30,32)/b20-12+. The van der Waals surface area contributed by atoms with Gasteiger partial charge in [0.2, 0.25) is 0 Å². The number of hydrogen-bond acceptors (Lipinski definition) is 7. The molecule has 0 aliphatic heterocycles. The molecule has 3 aromatic rings. The van der Waals surface area contributed by atoms with Crippen LogP contribution in [0.4, 0.5) is 5.69 Å². The summed E-state index contributed by atoms with van der Waals surface area (Å²) < 4.78 is 20.9. The van der Waals surface area contributed by atoms with Gasteiger partial charge in [-0.25, -0.2) is 4.79 Å². The SMILES string of the molecule is COC(=O)COc1c(Cl)cc(/C=C(\C#N)C(=O)Nc2ccc(OCc3ccccc3)cc2)cc1OC. The Balaban J connectivity index is 1.68. The summed E-state index contributed by atoms with van der Waals surface area (Å²) in [5.41, 5.74) is 1.81. The third-order valence-corrected chi connectivity index (χ3v) is 5.13. The summed E-state index contributed by atoms with van der Waals surface area (Å²) in [6, 6.07) is 21.5. The van der Waals surface area contributed by atoms with E-state index in [9.17, 15) is 14.9 Å². The Morgan fingerprint density at radius 1 is 1.03 bits per heavy atom. The van der Waals surface area contributed by atoms with Crippen LogP contribution >= 0.6 is 11.6 Å². The molecule has 0 saturated heterocycles. The number of ether oxygens (including phenoxy) is 4. The fourth-order valence-corrected chi connectivity index (χ4v) is 3.32. The van der Waals surface area contributed by atoms with Gasteiger partial charge in [0.05, 0.1) is 19.2 Å². The van der Waals surface area contributed by atoms with Crippen LogP contribution in [0.1, 0.15) is 11.1 Å². The van der Waals surface area contributed by atoms with Crippen LogP contribution in [0.3, 0.4) is 0 Å². The molecule has 0 unspecified atom stereocenters. The zero-order valence-electron chi connectivity index (χ0n) is 19.6. The molecule has 1 amide bonds. The van der Waals surface area contributed by atoms with E-state index in [-0.39, 0.29) is 28.7 Å². The minimum atomic E-state index is -0.600. The number of benzene rings is 3. The molecule has 0 aliphatic rings. The Morgan fingerprint density at radius 3 is 2.39 bits per heavy atom. The molecule has 36 heavy (non-hydrogen) atoms. The molecule has 0 atom stereocenters. The van der Waals surface area contributed by atoms with Crippen LogP contribution in [0, 0.1) is 11.3 Å². The summed E-state index contributed by atoms with van der Waals surface area (Å²) in [6.45, 7) is 0.0656. The molecule has 0 saturated carbocycles. The first-order chi connectivity index (χ1) is 17.4. The summed E-state index contributed by atoms with van der Waals surface area (Å²) >= 11 is 6.27. The number of nitriles is 1. The van der Waals surface area contributed by atoms with Gasteiger partial charge >= 0.3 is 5.97 Å². The van der Waals surface area contributed by atoms with Gasteiger partial charge in [0.25, 0.3) is 5.91 Å². The van der Waals surface area contributed by atoms with E-state index in [0.29, 0.717) is 23.6 Å². The van der Waals surface area contributed by atoms with Crippen molar-refractivity contribution < 1.29 is 28.5 Å². The number of hydrogen-bond donors (Lipinski definition) is 1. The molecule has 0 radical (unpaired) electrons. The molecule has 0 fully saturated rings. The number of amides is 1. The number of anilines is 1. The van der Waals surface area contributed by atoms with E-state index in [1.54, 1.807) is 24.3 Å². The van der Waals surface area contributed by atoms with E-state index in [4.69, 9.17) is 25.8 Å². The summed E-state index contributed by atoms with van der Waals surface area (Å²) in [4.78, 5) is 24.0. The fourth-order valence-electron chi connectivity index (χ4n) is 3.04. The largest absolute Gasteiger partial charge is 0.493 e. The highest BCUT2D eigenvalue weighted by atomic mass is 35.5. The van der Waals surface area contributed by atoms with E-state index in [2.05, 4.69) is 10.1 Å². The average molecular weight is 507 g/mol. The number of methoxy groups -OCH3 is 2. The van der Waals surface area contributed by atoms with Crippen LogP contribution in [0.25, 0.3) is 6.08 Å². The van der Waals surface area contributed by atoms with Crippen molar-refractivity contribution in [1.82, 2.24) is 0 Å². The predicted octanol–water partition coefficient (Wildman–Crippen LogP) is 5.03. The van der Waals surface area contributed by atoms with Gasteiger partial charge < -0.3 is 24.3 Å². The third kappa shape index (κ3) is 7.26. The second-order valence-corrected chi connectivity index (χ2v) is 7.73. The van der Waals surface area contributed by atoms with Crippen LogP contribution in [0.15, 0.2) is 72.3 Å². The topological polar surface area (TPSA) is 107 Å². The Kier molecular flexibility index (Phi) is 9.32. The number of rotatable bonds is 10. The fraction of sp³-hybridized carbons (Fsp3) is 0.148. The van der Waals surface area contributed by atoms with Gasteiger partial charge in [-0.3, -0.25) is 4.79 Å². The summed E-state index contributed by atoms with van der Waals surface area (Å²) in [6.07, 6.45) is 1.37. The van der Waals surface area contributed by atoms with Gasteiger partial charge in [-0.2, -0.15) is 5.26 Å². The van der Waals surface area contributed by atoms with Gasteiger partial charge in [-0.15, -0.1) is 0 Å². The van der Waals surface area contributed by atoms with Crippen molar-refractivity contribution >= 4 is 35.2 Å². The van der Waals surface area contributed by atoms with Crippen molar-refractivity contribution in [3.63, 3.8) is 0 Å². The molecular weight excluding hydrogens is 484 g/mol. The first kappa shape index (κ1) is 26.1. The molecule has 0 spiro atoms. The van der Waals surface area contributed by atoms with Gasteiger partial charge in [0.15, 0.2) is 18.1 Å². The maximum Gasteiger partial charge on any atom is 0.343 e. The maximum atomic E-state index is 12.7. The van der Waals surface area contributed by atoms with E-state index in [1.165, 1.54) is 32.4 Å². The lowest BCUT2D eigenvalue weighted by Crippen LogP contribution is -2.14. The maximum absolute atomic E-state index is 12.7. The van der Waals surface area contributed by atoms with Crippen molar-refractivity contribution in [2.75, 3.05) is 26.1 Å². The van der Waals surface area contributed by atoms with Crippen molar-refractivity contribution in [3.8, 4) is 23.3 Å². The highest BCUT2D eigenvalue weighted by molar-refractivity contribution is 6.32. The zero-order valence-corrected chi connectivity index (χ0v) is 20.4. The van der Waals surface area contributed by atoms with Crippen molar-refractivity contribution in [1.29, 1.82) is 5.26 Å². The van der Waals surface area contributed by atoms with E-state index in [1.807, 2.05) is 36.4 Å². The lowest BCUT2D eigenvalue weighted by molar-refractivity contribution is -0.142. The highest BCUT2D eigenvalue weighted by Crippen LogP contribution is 2.37. The Bertz CT molecular complexity index is 1280. The lowest BCUT2D eigenvalue weighted by atomic mass is 10.1. The Hall–Kier alpha value is -4.48. The van der Waals surface area contributed by atoms with Gasteiger partial charge in [-0.1, -0.05) is 41.9 Å². The number of halogens is 1. The van der Waals surface area contributed by atoms with Gasteiger partial charge in [-0.05, 0) is 53.6 Å². The zero-order chi connectivity index (χ0) is 25.9. The van der Waals surface area contributed by atoms with Crippen molar-refractivity contribution in [3.05, 3.63) is 88.5 Å². The first-order valence-corrected chi connectivity index (χ1v) is 11.1. The number of nitrogens with zero attached hydrogens (tertiary/aromatic N) is 1. The quantitative estimate of drug-likeness (QED) is 0.233. The molecule has 0 aromatic heterocycles. The number of carbonyl (C=O) groups is 2. The summed E-state index contributed by atoms with van der Waals surface area (Å²) in [5.74, 6) is -0.183. The van der Waals surface area contributed by atoms with Crippen LogP contribution in [0.5, 0.6) is 17.2 Å². The second kappa shape index (κ2) is 12.8. The highest BCUT2D eigenvalue weighted by Gasteiger charge is 2.15. The van der Waals surface area contributed by atoms with Gasteiger partial charge in [0, 0.05) is 5.69 Å². The minimum Gasteiger partial charge on any atom is -0.493 e. The Morgan fingerprint density at radius 2 is 1.75 bits per heavy atom. The average Bonchev–Trinajstić information content (AvgIpc) is 2.90. The van der Waals surface area contributed by atoms with Crippen LogP contribution in [0.2, 0.25) is 5.02 Å². The molecule has 0 bridgehead atoms. The summed E-state index contributed by atoms with van der Waals surface area (Å²) in [7, 11) is 2.64. The van der Waals surface area contributed by atoms with E-state index in [0.717, 1.165) is 5.56 Å². The molecule has 0 aliphatic carbocycles. The minimum absolute atomic E-state index is 0.133. The molecule has 9 heteroatoms. The number of carbonyl (C=O) groups excluding carboxylic acids is 2. The van der Waals surface area contributed by atoms with Gasteiger partial charge in [0.1, 0.15) is 24.0 Å². The predicted molar refractivity (Wildman–Crippen MR) is 135 cm³/mol. The summed E-state index contributed by atoms with van der Waals surface area (Å²) in [5, 5.41) is 12.4. The van der Waals surface area contributed by atoms with Crippen LogP contribution in [-0.4, -0.2) is 32.7 Å². The monoisotopic (exact) mass is 506 g/mol. The molecule has 3 rings (SSSR count). The van der Waals surface area contributed by atoms with Crippen LogP contribution < -0.4 is 19.5 Å². The molecule has 1 N–H and O–H groups in total. The molecule has 0 heterocycles. The number of esters is 1. The molecule has 8 nitrogen and oxygen atoms in total. The van der Waals surface area contributed by atoms with Crippen LogP contribution in [-0.2, 0) is 20.9 Å². The second-order valence-electron chi connectivity index (χ2n) is 7.32. The number of nitrogens with one attached hydrogen (secondary N) is 1. The van der Waals surface area contributed by atoms with E-state index >= 15 is 0 Å². The smallest absolute Gasteiger partial charge is 0.343 e. The molecule has 184 valence electrons. The van der Waals surface area contributed by atoms with Crippen molar-refractivity contribution in [2.24, 2.45) is 0 Å².